The Balaban J connectivity index is 1.70. The van der Waals surface area contributed by atoms with Gasteiger partial charge in [-0.15, -0.1) is 0 Å². The quantitative estimate of drug-likeness (QED) is 0.250. The van der Waals surface area contributed by atoms with Crippen LogP contribution in [-0.2, 0) is 32.2 Å². The second-order valence-corrected chi connectivity index (χ2v) is 9.15. The van der Waals surface area contributed by atoms with Crippen LogP contribution in [0.2, 0.25) is 5.54 Å². The SMILES string of the molecule is CO[Si](OC)(OC)C(CCCOCC1CO1)CCOCC1CO1. The van der Waals surface area contributed by atoms with Crippen LogP contribution >= 0.6 is 0 Å². The van der Waals surface area contributed by atoms with E-state index < -0.39 is 8.80 Å². The van der Waals surface area contributed by atoms with Gasteiger partial charge in [-0.3, -0.25) is 0 Å². The Bertz CT molecular complexity index is 311. The monoisotopic (exact) mass is 350 g/mol. The van der Waals surface area contributed by atoms with Crippen LogP contribution in [0.5, 0.6) is 0 Å². The average molecular weight is 350 g/mol. The maximum absolute atomic E-state index is 5.67. The van der Waals surface area contributed by atoms with Crippen molar-refractivity contribution < 1.29 is 32.2 Å². The largest absolute Gasteiger partial charge is 0.503 e. The zero-order chi connectivity index (χ0) is 16.5. The highest BCUT2D eigenvalue weighted by atomic mass is 28.4. The standard InChI is InChI=1S/C15H30O7Si/c1-16-23(17-2,18-3)15(6-8-20-10-14-12-22-14)5-4-7-19-9-13-11-21-13/h13-15H,4-12H2,1-3H3. The van der Waals surface area contributed by atoms with E-state index in [1.165, 1.54) is 0 Å². The lowest BCUT2D eigenvalue weighted by Gasteiger charge is -2.32. The van der Waals surface area contributed by atoms with Crippen molar-refractivity contribution in [2.45, 2.75) is 37.0 Å². The van der Waals surface area contributed by atoms with Crippen molar-refractivity contribution in [1.29, 1.82) is 0 Å². The van der Waals surface area contributed by atoms with Crippen molar-refractivity contribution in [3.8, 4) is 0 Å². The van der Waals surface area contributed by atoms with Crippen LogP contribution in [0.1, 0.15) is 19.3 Å². The molecule has 2 heterocycles. The Kier molecular flexibility index (Phi) is 8.42. The zero-order valence-corrected chi connectivity index (χ0v) is 15.5. The summed E-state index contributed by atoms with van der Waals surface area (Å²) in [4.78, 5) is 0. The van der Waals surface area contributed by atoms with Crippen LogP contribution in [0.25, 0.3) is 0 Å². The van der Waals surface area contributed by atoms with Crippen molar-refractivity contribution in [3.63, 3.8) is 0 Å². The normalized spacial score (nSPS) is 24.7. The highest BCUT2D eigenvalue weighted by molar-refractivity contribution is 6.62. The first-order valence-electron chi connectivity index (χ1n) is 8.28. The summed E-state index contributed by atoms with van der Waals surface area (Å²) in [7, 11) is 2.31. The van der Waals surface area contributed by atoms with Gasteiger partial charge in [0.25, 0.3) is 0 Å². The molecule has 3 atom stereocenters. The van der Waals surface area contributed by atoms with Crippen LogP contribution in [0.15, 0.2) is 0 Å². The lowest BCUT2D eigenvalue weighted by molar-refractivity contribution is 0.0792. The smallest absolute Gasteiger partial charge is 0.379 e. The van der Waals surface area contributed by atoms with Gasteiger partial charge in [-0.05, 0) is 19.3 Å². The predicted molar refractivity (Wildman–Crippen MR) is 85.5 cm³/mol. The third-order valence-corrected chi connectivity index (χ3v) is 7.50. The maximum atomic E-state index is 5.67. The highest BCUT2D eigenvalue weighted by Gasteiger charge is 2.46. The maximum Gasteiger partial charge on any atom is 0.503 e. The lowest BCUT2D eigenvalue weighted by Crippen LogP contribution is -2.48. The third kappa shape index (κ3) is 6.75. The van der Waals surface area contributed by atoms with Gasteiger partial charge in [-0.2, -0.15) is 0 Å². The zero-order valence-electron chi connectivity index (χ0n) is 14.5. The van der Waals surface area contributed by atoms with Crippen LogP contribution < -0.4 is 0 Å². The van der Waals surface area contributed by atoms with E-state index in [2.05, 4.69) is 0 Å². The summed E-state index contributed by atoms with van der Waals surface area (Å²) in [6.45, 7) is 4.38. The molecule has 2 fully saturated rings. The fraction of sp³-hybridized carbons (Fsp3) is 1.00. The molecule has 3 unspecified atom stereocenters. The van der Waals surface area contributed by atoms with Crippen LogP contribution in [0, 0.1) is 0 Å². The molecule has 0 N–H and O–H groups in total. The Hall–Kier alpha value is -0.0631. The Morgan fingerprint density at radius 3 is 1.87 bits per heavy atom. The van der Waals surface area contributed by atoms with Crippen molar-refractivity contribution in [1.82, 2.24) is 0 Å². The number of ether oxygens (including phenoxy) is 4. The topological polar surface area (TPSA) is 71.2 Å². The van der Waals surface area contributed by atoms with Crippen LogP contribution in [0.3, 0.4) is 0 Å². The molecule has 2 aliphatic heterocycles. The molecule has 0 spiro atoms. The van der Waals surface area contributed by atoms with Crippen molar-refractivity contribution in [2.24, 2.45) is 0 Å². The van der Waals surface area contributed by atoms with E-state index in [9.17, 15) is 0 Å². The van der Waals surface area contributed by atoms with E-state index in [1.54, 1.807) is 21.3 Å². The van der Waals surface area contributed by atoms with Gasteiger partial charge in [-0.25, -0.2) is 0 Å². The summed E-state index contributed by atoms with van der Waals surface area (Å²) >= 11 is 0. The Morgan fingerprint density at radius 2 is 1.39 bits per heavy atom. The van der Waals surface area contributed by atoms with Gasteiger partial charge >= 0.3 is 8.80 Å². The minimum Gasteiger partial charge on any atom is -0.379 e. The summed E-state index contributed by atoms with van der Waals surface area (Å²) < 4.78 is 38.5. The van der Waals surface area contributed by atoms with Gasteiger partial charge in [0.15, 0.2) is 0 Å². The van der Waals surface area contributed by atoms with E-state index in [1.807, 2.05) is 0 Å². The molecule has 2 aliphatic rings. The van der Waals surface area contributed by atoms with Gasteiger partial charge in [-0.1, -0.05) is 0 Å². The summed E-state index contributed by atoms with van der Waals surface area (Å²) in [6.07, 6.45) is 3.32. The Labute approximate surface area is 139 Å². The molecule has 0 aromatic carbocycles. The molecule has 8 heteroatoms. The van der Waals surface area contributed by atoms with Crippen molar-refractivity contribution >= 4 is 8.80 Å². The molecule has 0 aromatic rings. The second kappa shape index (κ2) is 10.0. The van der Waals surface area contributed by atoms with E-state index in [-0.39, 0.29) is 5.54 Å². The predicted octanol–water partition coefficient (Wildman–Crippen LogP) is 1.24. The summed E-state index contributed by atoms with van der Waals surface area (Å²) in [5.74, 6) is 0. The van der Waals surface area contributed by atoms with Gasteiger partial charge < -0.3 is 32.2 Å². The number of hydrogen-bond donors (Lipinski definition) is 0. The van der Waals surface area contributed by atoms with Gasteiger partial charge in [0, 0.05) is 40.1 Å². The van der Waals surface area contributed by atoms with Crippen molar-refractivity contribution in [3.05, 3.63) is 0 Å². The molecular formula is C15H30O7Si. The van der Waals surface area contributed by atoms with Gasteiger partial charge in [0.1, 0.15) is 12.2 Å². The molecule has 0 aromatic heterocycles. The fourth-order valence-electron chi connectivity index (χ4n) is 2.66. The molecule has 0 saturated carbocycles. The van der Waals surface area contributed by atoms with E-state index in [0.29, 0.717) is 32.0 Å². The Morgan fingerprint density at radius 1 is 0.870 bits per heavy atom. The van der Waals surface area contributed by atoms with Crippen LogP contribution in [0.4, 0.5) is 0 Å². The van der Waals surface area contributed by atoms with E-state index >= 15 is 0 Å². The van der Waals surface area contributed by atoms with Gasteiger partial charge in [0.2, 0.25) is 0 Å². The molecule has 0 bridgehead atoms. The first-order valence-corrected chi connectivity index (χ1v) is 10.1. The number of hydrogen-bond acceptors (Lipinski definition) is 7. The second-order valence-electron chi connectivity index (χ2n) is 5.90. The third-order valence-electron chi connectivity index (χ3n) is 4.22. The van der Waals surface area contributed by atoms with E-state index in [4.69, 9.17) is 32.2 Å². The first kappa shape index (κ1) is 19.3. The highest BCUT2D eigenvalue weighted by Crippen LogP contribution is 2.32. The molecule has 23 heavy (non-hydrogen) atoms. The number of rotatable bonds is 15. The number of epoxide rings is 2. The van der Waals surface area contributed by atoms with Crippen LogP contribution in [-0.4, -0.2) is 82.0 Å². The molecule has 0 aliphatic carbocycles. The summed E-state index contributed by atoms with van der Waals surface area (Å²) in [6, 6.07) is 0. The fourth-order valence-corrected chi connectivity index (χ4v) is 5.19. The molecule has 0 amide bonds. The average Bonchev–Trinajstić information content (AvgIpc) is 3.47. The minimum absolute atomic E-state index is 0.198. The summed E-state index contributed by atoms with van der Waals surface area (Å²) in [5.41, 5.74) is 0.198. The lowest BCUT2D eigenvalue weighted by atomic mass is 10.2. The van der Waals surface area contributed by atoms with E-state index in [0.717, 1.165) is 39.1 Å². The molecule has 0 radical (unpaired) electrons. The summed E-state index contributed by atoms with van der Waals surface area (Å²) in [5, 5.41) is 0. The molecule has 136 valence electrons. The van der Waals surface area contributed by atoms with Crippen molar-refractivity contribution in [2.75, 3.05) is 61.0 Å². The molecule has 7 nitrogen and oxygen atoms in total. The molecule has 2 saturated heterocycles. The molecular weight excluding hydrogens is 320 g/mol. The first-order chi connectivity index (χ1) is 11.2. The minimum atomic E-state index is -2.67. The molecule has 2 rings (SSSR count). The van der Waals surface area contributed by atoms with Gasteiger partial charge in [0.05, 0.1) is 26.4 Å².